The van der Waals surface area contributed by atoms with Crippen LogP contribution in [0.1, 0.15) is 25.0 Å². The second-order valence-electron chi connectivity index (χ2n) is 3.89. The quantitative estimate of drug-likeness (QED) is 0.597. The number of aryl methyl sites for hydroxylation is 1. The highest BCUT2D eigenvalue weighted by atomic mass is 15.0. The lowest BCUT2D eigenvalue weighted by Gasteiger charge is -1.99. The van der Waals surface area contributed by atoms with Gasteiger partial charge in [-0.05, 0) is 26.3 Å². The van der Waals surface area contributed by atoms with E-state index < -0.39 is 0 Å². The second-order valence-corrected chi connectivity index (χ2v) is 3.89. The van der Waals surface area contributed by atoms with E-state index in [1.807, 2.05) is 0 Å². The van der Waals surface area contributed by atoms with E-state index >= 15 is 0 Å². The molecule has 0 bridgehead atoms. The van der Waals surface area contributed by atoms with E-state index in [2.05, 4.69) is 50.0 Å². The van der Waals surface area contributed by atoms with Gasteiger partial charge in [0.25, 0.3) is 0 Å². The van der Waals surface area contributed by atoms with E-state index in [9.17, 15) is 0 Å². The van der Waals surface area contributed by atoms with E-state index in [0.717, 1.165) is 0 Å². The van der Waals surface area contributed by atoms with Gasteiger partial charge in [0.05, 0.1) is 11.3 Å². The summed E-state index contributed by atoms with van der Waals surface area (Å²) in [5.41, 5.74) is 3.92. The van der Waals surface area contributed by atoms with Gasteiger partial charge >= 0.3 is 0 Å². The molecule has 1 aliphatic heterocycles. The first-order chi connectivity index (χ1) is 5.59. The Hall–Kier alpha value is -1.11. The monoisotopic (exact) mass is 159 g/mol. The van der Waals surface area contributed by atoms with Gasteiger partial charge in [-0.1, -0.05) is 29.8 Å². The summed E-state index contributed by atoms with van der Waals surface area (Å²) in [6.07, 6.45) is 0. The van der Waals surface area contributed by atoms with E-state index in [1.54, 1.807) is 0 Å². The molecule has 0 radical (unpaired) electrons. The van der Waals surface area contributed by atoms with Gasteiger partial charge in [0, 0.05) is 0 Å². The summed E-state index contributed by atoms with van der Waals surface area (Å²) in [7, 11) is 0. The zero-order valence-corrected chi connectivity index (χ0v) is 7.76. The van der Waals surface area contributed by atoms with Gasteiger partial charge in [-0.3, -0.25) is 4.99 Å². The van der Waals surface area contributed by atoms with Crippen LogP contribution in [-0.4, -0.2) is 11.3 Å². The zero-order valence-electron chi connectivity index (χ0n) is 7.76. The minimum atomic E-state index is 0.106. The minimum Gasteiger partial charge on any atom is -0.274 e. The lowest BCUT2D eigenvalue weighted by molar-refractivity contribution is 0.825. The summed E-state index contributed by atoms with van der Waals surface area (Å²) >= 11 is 0. The van der Waals surface area contributed by atoms with E-state index in [4.69, 9.17) is 0 Å². The van der Waals surface area contributed by atoms with Crippen LogP contribution in [-0.2, 0) is 0 Å². The average Bonchev–Trinajstić information content (AvgIpc) is 2.61. The van der Waals surface area contributed by atoms with Gasteiger partial charge in [0.1, 0.15) is 0 Å². The molecule has 1 heteroatoms. The fraction of sp³-hybridized carbons (Fsp3) is 0.364. The van der Waals surface area contributed by atoms with Crippen LogP contribution in [0.25, 0.3) is 0 Å². The predicted molar refractivity (Wildman–Crippen MR) is 51.8 cm³/mol. The third kappa shape index (κ3) is 1.15. The molecule has 1 nitrogen and oxygen atoms in total. The summed E-state index contributed by atoms with van der Waals surface area (Å²) in [4.78, 5) is 4.40. The average molecular weight is 159 g/mol. The topological polar surface area (TPSA) is 12.4 Å². The molecule has 0 saturated heterocycles. The zero-order chi connectivity index (χ0) is 8.77. The Bertz CT molecular complexity index is 331. The van der Waals surface area contributed by atoms with Crippen molar-refractivity contribution >= 4 is 5.71 Å². The normalized spacial score (nSPS) is 18.8. The van der Waals surface area contributed by atoms with Crippen LogP contribution in [0.2, 0.25) is 0 Å². The van der Waals surface area contributed by atoms with Crippen molar-refractivity contribution in [1.82, 2.24) is 0 Å². The third-order valence-corrected chi connectivity index (χ3v) is 2.25. The number of benzene rings is 1. The van der Waals surface area contributed by atoms with E-state index in [0.29, 0.717) is 0 Å². The van der Waals surface area contributed by atoms with Gasteiger partial charge in [-0.15, -0.1) is 0 Å². The first-order valence-electron chi connectivity index (χ1n) is 4.27. The maximum atomic E-state index is 4.40. The Morgan fingerprint density at radius 2 is 1.58 bits per heavy atom. The number of nitrogens with zero attached hydrogens (tertiary/aromatic N) is 1. The van der Waals surface area contributed by atoms with Crippen molar-refractivity contribution in [3.63, 3.8) is 0 Å². The van der Waals surface area contributed by atoms with Crippen molar-refractivity contribution < 1.29 is 0 Å². The van der Waals surface area contributed by atoms with Crippen LogP contribution in [0.15, 0.2) is 29.3 Å². The van der Waals surface area contributed by atoms with Gasteiger partial charge < -0.3 is 0 Å². The molecule has 12 heavy (non-hydrogen) atoms. The summed E-state index contributed by atoms with van der Waals surface area (Å²) in [5, 5.41) is 0. The van der Waals surface area contributed by atoms with Crippen LogP contribution < -0.4 is 0 Å². The molecular weight excluding hydrogens is 146 g/mol. The molecule has 0 amide bonds. The van der Waals surface area contributed by atoms with E-state index in [-0.39, 0.29) is 5.54 Å². The molecule has 1 aliphatic rings. The van der Waals surface area contributed by atoms with Crippen LogP contribution >= 0.6 is 0 Å². The molecule has 0 saturated carbocycles. The lowest BCUT2D eigenvalue weighted by Crippen LogP contribution is -2.08. The fourth-order valence-electron chi connectivity index (χ4n) is 1.38. The van der Waals surface area contributed by atoms with Crippen molar-refractivity contribution in [2.75, 3.05) is 0 Å². The van der Waals surface area contributed by atoms with Crippen molar-refractivity contribution in [2.45, 2.75) is 26.3 Å². The number of aliphatic imine (C=N–C) groups is 1. The van der Waals surface area contributed by atoms with Crippen LogP contribution in [0.3, 0.4) is 0 Å². The fourth-order valence-corrected chi connectivity index (χ4v) is 1.38. The molecule has 1 aromatic rings. The molecule has 0 spiro atoms. The first kappa shape index (κ1) is 7.53. The SMILES string of the molecule is Cc1ccc(C2=NC2(C)C)cc1. The Labute approximate surface area is 73.1 Å². The van der Waals surface area contributed by atoms with Gasteiger partial charge in [0.15, 0.2) is 0 Å². The summed E-state index contributed by atoms with van der Waals surface area (Å²) < 4.78 is 0. The van der Waals surface area contributed by atoms with Crippen LogP contribution in [0, 0.1) is 6.92 Å². The molecule has 0 aromatic heterocycles. The third-order valence-electron chi connectivity index (χ3n) is 2.25. The molecule has 0 N–H and O–H groups in total. The highest BCUT2D eigenvalue weighted by Crippen LogP contribution is 2.31. The van der Waals surface area contributed by atoms with Crippen LogP contribution in [0.4, 0.5) is 0 Å². The largest absolute Gasteiger partial charge is 0.274 e. The standard InChI is InChI=1S/C11H13N/c1-8-4-6-9(7-5-8)10-11(2,3)12-10/h4-7H,1-3H3. The number of hydrogen-bond acceptors (Lipinski definition) is 1. The Morgan fingerprint density at radius 1 is 1.08 bits per heavy atom. The van der Waals surface area contributed by atoms with Gasteiger partial charge in [-0.2, -0.15) is 0 Å². The molecule has 0 aliphatic carbocycles. The van der Waals surface area contributed by atoms with Gasteiger partial charge in [0.2, 0.25) is 0 Å². The predicted octanol–water partition coefficient (Wildman–Crippen LogP) is 2.58. The Balaban J connectivity index is 2.27. The molecule has 62 valence electrons. The molecule has 1 heterocycles. The molecule has 0 atom stereocenters. The summed E-state index contributed by atoms with van der Waals surface area (Å²) in [6, 6.07) is 8.55. The van der Waals surface area contributed by atoms with Gasteiger partial charge in [-0.25, -0.2) is 0 Å². The van der Waals surface area contributed by atoms with Crippen molar-refractivity contribution in [3.05, 3.63) is 35.4 Å². The maximum absolute atomic E-state index is 4.40. The Morgan fingerprint density at radius 3 is 2.00 bits per heavy atom. The van der Waals surface area contributed by atoms with Crippen molar-refractivity contribution in [1.29, 1.82) is 0 Å². The highest BCUT2D eigenvalue weighted by Gasteiger charge is 2.37. The number of hydrogen-bond donors (Lipinski definition) is 0. The van der Waals surface area contributed by atoms with Crippen molar-refractivity contribution in [2.24, 2.45) is 4.99 Å². The molecular formula is C11H13N. The van der Waals surface area contributed by atoms with E-state index in [1.165, 1.54) is 16.8 Å². The summed E-state index contributed by atoms with van der Waals surface area (Å²) in [6.45, 7) is 6.38. The summed E-state index contributed by atoms with van der Waals surface area (Å²) in [5.74, 6) is 0. The molecule has 2 rings (SSSR count). The molecule has 0 unspecified atom stereocenters. The first-order valence-corrected chi connectivity index (χ1v) is 4.27. The lowest BCUT2D eigenvalue weighted by atomic mass is 10.0. The maximum Gasteiger partial charge on any atom is 0.0976 e. The highest BCUT2D eigenvalue weighted by molar-refractivity contribution is 6.16. The second kappa shape index (κ2) is 2.19. The number of rotatable bonds is 1. The van der Waals surface area contributed by atoms with Crippen molar-refractivity contribution in [3.8, 4) is 0 Å². The smallest absolute Gasteiger partial charge is 0.0976 e. The minimum absolute atomic E-state index is 0.106. The molecule has 0 fully saturated rings. The molecule has 1 aromatic carbocycles. The Kier molecular flexibility index (Phi) is 1.38. The van der Waals surface area contributed by atoms with Crippen LogP contribution in [0.5, 0.6) is 0 Å².